The molecule has 154 valence electrons. The van der Waals surface area contributed by atoms with Crippen molar-refractivity contribution in [2.75, 3.05) is 6.54 Å². The van der Waals surface area contributed by atoms with Crippen molar-refractivity contribution >= 4 is 33.7 Å². The van der Waals surface area contributed by atoms with Crippen molar-refractivity contribution in [1.82, 2.24) is 19.9 Å². The first-order valence-corrected chi connectivity index (χ1v) is 9.49. The van der Waals surface area contributed by atoms with Gasteiger partial charge in [0.05, 0.1) is 27.5 Å². The van der Waals surface area contributed by atoms with Crippen LogP contribution < -0.4 is 11.1 Å². The molecule has 4 aromatic rings. The zero-order valence-electron chi connectivity index (χ0n) is 16.0. The number of oxazole rings is 1. The number of hydrogen-bond acceptors (Lipinski definition) is 6. The van der Waals surface area contributed by atoms with E-state index in [1.807, 2.05) is 24.3 Å². The number of H-pyrrole nitrogens is 1. The van der Waals surface area contributed by atoms with E-state index in [1.165, 1.54) is 22.8 Å². The van der Waals surface area contributed by atoms with Gasteiger partial charge in [0.25, 0.3) is 5.69 Å². The summed E-state index contributed by atoms with van der Waals surface area (Å²) in [6, 6.07) is 11.7. The highest BCUT2D eigenvalue weighted by Crippen LogP contribution is 2.20. The smallest absolute Gasteiger partial charge is 0.407 e. The Bertz CT molecular complexity index is 1250. The van der Waals surface area contributed by atoms with Gasteiger partial charge in [0, 0.05) is 32.0 Å². The second-order valence-corrected chi connectivity index (χ2v) is 6.83. The number of nitro groups is 1. The number of aryl methyl sites for hydroxylation is 1. The summed E-state index contributed by atoms with van der Waals surface area (Å²) in [5.41, 5.74) is 2.33. The van der Waals surface area contributed by atoms with Crippen LogP contribution in [0.25, 0.3) is 22.1 Å². The third-order valence-corrected chi connectivity index (χ3v) is 4.77. The molecule has 0 bridgehead atoms. The Kier molecular flexibility index (Phi) is 5.29. The van der Waals surface area contributed by atoms with Crippen LogP contribution in [0.1, 0.15) is 18.7 Å². The number of carbonyl (C=O) groups excluding carboxylic acids is 1. The Balaban J connectivity index is 1.27. The van der Waals surface area contributed by atoms with Crippen LogP contribution in [-0.4, -0.2) is 31.9 Å². The first kappa shape index (κ1) is 19.4. The Morgan fingerprint density at radius 1 is 1.27 bits per heavy atom. The minimum absolute atomic E-state index is 0.123. The number of nitro benzene ring substituents is 1. The lowest BCUT2D eigenvalue weighted by Crippen LogP contribution is -2.26. The van der Waals surface area contributed by atoms with Crippen LogP contribution in [0.15, 0.2) is 51.7 Å². The van der Waals surface area contributed by atoms with Gasteiger partial charge in [-0.15, -0.1) is 0 Å². The summed E-state index contributed by atoms with van der Waals surface area (Å²) < 4.78 is 6.45. The lowest BCUT2D eigenvalue weighted by Gasteiger charge is -2.05. The molecule has 10 nitrogen and oxygen atoms in total. The van der Waals surface area contributed by atoms with Gasteiger partial charge in [0.1, 0.15) is 5.82 Å². The fourth-order valence-electron chi connectivity index (χ4n) is 3.31. The molecule has 30 heavy (non-hydrogen) atoms. The Morgan fingerprint density at radius 2 is 2.10 bits per heavy atom. The van der Waals surface area contributed by atoms with Gasteiger partial charge < -0.3 is 14.7 Å². The molecule has 0 saturated heterocycles. The van der Waals surface area contributed by atoms with E-state index in [1.54, 1.807) is 0 Å². The number of aromatic amines is 1. The predicted molar refractivity (Wildman–Crippen MR) is 109 cm³/mol. The van der Waals surface area contributed by atoms with Crippen LogP contribution in [0.5, 0.6) is 0 Å². The van der Waals surface area contributed by atoms with Gasteiger partial charge in [0.2, 0.25) is 5.91 Å². The fourth-order valence-corrected chi connectivity index (χ4v) is 3.31. The molecule has 4 rings (SSSR count). The molecule has 0 unspecified atom stereocenters. The number of benzene rings is 2. The first-order chi connectivity index (χ1) is 14.5. The number of carbonyl (C=O) groups is 1. The normalized spacial score (nSPS) is 11.2. The molecule has 0 saturated carbocycles. The molecule has 0 radical (unpaired) electrons. The van der Waals surface area contributed by atoms with Crippen LogP contribution in [0.2, 0.25) is 0 Å². The molecule has 2 aromatic carbocycles. The van der Waals surface area contributed by atoms with Gasteiger partial charge in [-0.1, -0.05) is 12.1 Å². The van der Waals surface area contributed by atoms with Crippen molar-refractivity contribution in [2.24, 2.45) is 0 Å². The molecule has 0 aliphatic rings. The van der Waals surface area contributed by atoms with E-state index in [0.717, 1.165) is 16.9 Å². The lowest BCUT2D eigenvalue weighted by atomic mass is 10.2. The van der Waals surface area contributed by atoms with Crippen molar-refractivity contribution in [2.45, 2.75) is 25.8 Å². The van der Waals surface area contributed by atoms with Gasteiger partial charge in [-0.2, -0.15) is 0 Å². The van der Waals surface area contributed by atoms with Crippen LogP contribution in [0.4, 0.5) is 5.69 Å². The zero-order chi connectivity index (χ0) is 21.1. The van der Waals surface area contributed by atoms with E-state index >= 15 is 0 Å². The average molecular weight is 409 g/mol. The number of rotatable bonds is 8. The maximum Gasteiger partial charge on any atom is 0.419 e. The van der Waals surface area contributed by atoms with Crippen molar-refractivity contribution in [1.29, 1.82) is 0 Å². The zero-order valence-corrected chi connectivity index (χ0v) is 16.0. The van der Waals surface area contributed by atoms with E-state index < -0.39 is 10.7 Å². The largest absolute Gasteiger partial charge is 0.419 e. The lowest BCUT2D eigenvalue weighted by molar-refractivity contribution is -0.384. The van der Waals surface area contributed by atoms with Crippen LogP contribution in [0, 0.1) is 10.1 Å². The molecule has 2 aromatic heterocycles. The Labute approximate surface area is 169 Å². The number of amides is 1. The summed E-state index contributed by atoms with van der Waals surface area (Å²) >= 11 is 0. The van der Waals surface area contributed by atoms with Gasteiger partial charge in [0.15, 0.2) is 5.58 Å². The van der Waals surface area contributed by atoms with E-state index in [0.29, 0.717) is 24.9 Å². The van der Waals surface area contributed by atoms with Crippen LogP contribution >= 0.6 is 0 Å². The summed E-state index contributed by atoms with van der Waals surface area (Å²) in [5.74, 6) is 0.0837. The third-order valence-electron chi connectivity index (χ3n) is 4.77. The molecule has 2 heterocycles. The summed E-state index contributed by atoms with van der Waals surface area (Å²) in [4.78, 5) is 42.0. The Morgan fingerprint density at radius 3 is 2.90 bits per heavy atom. The molecule has 1 amide bonds. The highest BCUT2D eigenvalue weighted by molar-refractivity contribution is 5.77. The van der Waals surface area contributed by atoms with Gasteiger partial charge in [-0.3, -0.25) is 19.5 Å². The molecule has 0 aliphatic heterocycles. The fraction of sp³-hybridized carbons (Fsp3) is 0.250. The molecular formula is C20H19N5O5. The van der Waals surface area contributed by atoms with Crippen molar-refractivity contribution in [3.63, 3.8) is 0 Å². The van der Waals surface area contributed by atoms with Crippen molar-refractivity contribution in [3.8, 4) is 0 Å². The van der Waals surface area contributed by atoms with Crippen molar-refractivity contribution in [3.05, 3.63) is 69.0 Å². The second-order valence-electron chi connectivity index (χ2n) is 6.83. The van der Waals surface area contributed by atoms with Crippen LogP contribution in [-0.2, 0) is 17.8 Å². The molecular weight excluding hydrogens is 390 g/mol. The molecule has 2 N–H and O–H groups in total. The number of fused-ring (bicyclic) bond motifs is 2. The standard InChI is InChI=1S/C20H19N5O5/c26-19(21-10-9-18-22-14-4-1-2-5-15(14)23-18)6-3-11-24-16-8-7-13(25(28)29)12-17(16)30-20(24)27/h1-2,4-5,7-8,12H,3,6,9-11H2,(H,21,26)(H,22,23). The van der Waals surface area contributed by atoms with Gasteiger partial charge in [-0.05, 0) is 24.6 Å². The number of nitrogens with one attached hydrogen (secondary N) is 2. The summed E-state index contributed by atoms with van der Waals surface area (Å²) in [6.45, 7) is 0.734. The number of hydrogen-bond donors (Lipinski definition) is 2. The first-order valence-electron chi connectivity index (χ1n) is 9.49. The summed E-state index contributed by atoms with van der Waals surface area (Å²) in [5, 5.41) is 13.7. The second kappa shape index (κ2) is 8.19. The van der Waals surface area contributed by atoms with E-state index in [9.17, 15) is 19.7 Å². The number of non-ortho nitro benzene ring substituents is 1. The number of imidazole rings is 1. The predicted octanol–water partition coefficient (Wildman–Crippen LogP) is 2.52. The third kappa shape index (κ3) is 4.07. The number of nitrogens with zero attached hydrogens (tertiary/aromatic N) is 3. The molecule has 0 fully saturated rings. The summed E-state index contributed by atoms with van der Waals surface area (Å²) in [7, 11) is 0. The minimum atomic E-state index is -0.601. The summed E-state index contributed by atoms with van der Waals surface area (Å²) in [6.07, 6.45) is 1.26. The van der Waals surface area contributed by atoms with E-state index in [4.69, 9.17) is 4.42 Å². The highest BCUT2D eigenvalue weighted by atomic mass is 16.6. The van der Waals surface area contributed by atoms with Gasteiger partial charge >= 0.3 is 5.76 Å². The van der Waals surface area contributed by atoms with Crippen molar-refractivity contribution < 1.29 is 14.1 Å². The quantitative estimate of drug-likeness (QED) is 0.339. The molecule has 0 atom stereocenters. The maximum atomic E-state index is 12.1. The Hall–Kier alpha value is -3.95. The van der Waals surface area contributed by atoms with E-state index in [-0.39, 0.29) is 30.1 Å². The maximum absolute atomic E-state index is 12.1. The highest BCUT2D eigenvalue weighted by Gasteiger charge is 2.14. The number of para-hydroxylation sites is 2. The topological polar surface area (TPSA) is 136 Å². The van der Waals surface area contributed by atoms with Crippen LogP contribution in [0.3, 0.4) is 0 Å². The molecule has 0 spiro atoms. The average Bonchev–Trinajstić information content (AvgIpc) is 3.27. The SMILES string of the molecule is O=C(CCCn1c(=O)oc2cc([N+](=O)[O-])ccc21)NCCc1nc2ccccc2[nH]1. The van der Waals surface area contributed by atoms with Gasteiger partial charge in [-0.25, -0.2) is 9.78 Å². The molecule has 10 heteroatoms. The monoisotopic (exact) mass is 409 g/mol. The molecule has 0 aliphatic carbocycles. The number of aromatic nitrogens is 3. The van der Waals surface area contributed by atoms with E-state index in [2.05, 4.69) is 15.3 Å². The minimum Gasteiger partial charge on any atom is -0.407 e.